The molecule has 4 heteroatoms. The molecule has 1 aliphatic heterocycles. The van der Waals surface area contributed by atoms with Crippen molar-refractivity contribution >= 4 is 17.0 Å². The predicted octanol–water partition coefficient (Wildman–Crippen LogP) is 5.85. The number of rotatable bonds is 2. The molecule has 3 aliphatic rings. The molecule has 2 aliphatic carbocycles. The van der Waals surface area contributed by atoms with Crippen molar-refractivity contribution < 1.29 is 4.79 Å². The second-order valence-corrected chi connectivity index (χ2v) is 8.73. The number of carbonyl (C=O) groups excluding carboxylic acids is 1. The number of likely N-dealkylation sites (N-methyl/N-ethyl adjacent to an activating group) is 1. The molecule has 2 aromatic carbocycles. The van der Waals surface area contributed by atoms with Crippen molar-refractivity contribution in [1.82, 2.24) is 0 Å². The van der Waals surface area contributed by atoms with Gasteiger partial charge in [0.05, 0.1) is 0 Å². The van der Waals surface area contributed by atoms with Gasteiger partial charge in [-0.15, -0.1) is 0 Å². The maximum absolute atomic E-state index is 13.4. The smallest absolute Gasteiger partial charge is 0.194 e. The van der Waals surface area contributed by atoms with E-state index in [0.29, 0.717) is 22.3 Å². The summed E-state index contributed by atoms with van der Waals surface area (Å²) < 4.78 is 0. The Morgan fingerprint density at radius 1 is 1.09 bits per heavy atom. The van der Waals surface area contributed by atoms with E-state index in [1.54, 1.807) is 6.07 Å². The van der Waals surface area contributed by atoms with Gasteiger partial charge in [-0.1, -0.05) is 42.5 Å². The first-order valence-corrected chi connectivity index (χ1v) is 11.1. The Labute approximate surface area is 188 Å². The summed E-state index contributed by atoms with van der Waals surface area (Å²) in [5.41, 5.74) is 6.98. The summed E-state index contributed by atoms with van der Waals surface area (Å²) in [4.78, 5) is 15.8. The maximum Gasteiger partial charge on any atom is 0.194 e. The summed E-state index contributed by atoms with van der Waals surface area (Å²) >= 11 is 0. The van der Waals surface area contributed by atoms with E-state index in [0.717, 1.165) is 31.4 Å². The van der Waals surface area contributed by atoms with Gasteiger partial charge in [0, 0.05) is 40.1 Å². The second kappa shape index (κ2) is 7.36. The average Bonchev–Trinajstić information content (AvgIpc) is 3.25. The lowest BCUT2D eigenvalue weighted by atomic mass is 9.71. The van der Waals surface area contributed by atoms with Crippen molar-refractivity contribution in [2.45, 2.75) is 38.5 Å². The Kier molecular flexibility index (Phi) is 4.61. The summed E-state index contributed by atoms with van der Waals surface area (Å²) in [5, 5.41) is 19.2. The number of para-hydroxylation sites is 1. The van der Waals surface area contributed by atoms with Crippen LogP contribution < -0.4 is 4.90 Å². The lowest BCUT2D eigenvalue weighted by Gasteiger charge is -2.36. The van der Waals surface area contributed by atoms with Crippen LogP contribution in [0.25, 0.3) is 5.57 Å². The molecule has 0 N–H and O–H groups in total. The minimum atomic E-state index is -0.113. The van der Waals surface area contributed by atoms with Crippen molar-refractivity contribution in [2.75, 3.05) is 11.4 Å². The molecule has 1 heterocycles. The zero-order valence-corrected chi connectivity index (χ0v) is 18.3. The first kappa shape index (κ1) is 20.0. The summed E-state index contributed by atoms with van der Waals surface area (Å²) in [7, 11) is 0. The van der Waals surface area contributed by atoms with Gasteiger partial charge in [0.1, 0.15) is 17.7 Å². The van der Waals surface area contributed by atoms with Crippen LogP contribution in [0.1, 0.15) is 54.6 Å². The SMILES string of the molecule is CCN1C2=C(/C=C3\C(=O)c4ccccc4C3=C(C#N)C#N)CCCC2(C)c2ccccc21. The minimum Gasteiger partial charge on any atom is -0.344 e. The topological polar surface area (TPSA) is 67.9 Å². The van der Waals surface area contributed by atoms with E-state index in [2.05, 4.69) is 43.0 Å². The zero-order valence-electron chi connectivity index (χ0n) is 18.3. The Bertz CT molecular complexity index is 1330. The third kappa shape index (κ3) is 2.63. The molecule has 0 spiro atoms. The molecular weight excluding hydrogens is 394 g/mol. The fourth-order valence-corrected chi connectivity index (χ4v) is 5.74. The Balaban J connectivity index is 1.77. The van der Waals surface area contributed by atoms with Gasteiger partial charge < -0.3 is 4.90 Å². The molecule has 0 saturated heterocycles. The van der Waals surface area contributed by atoms with E-state index in [9.17, 15) is 15.3 Å². The summed E-state index contributed by atoms with van der Waals surface area (Å²) in [6.07, 6.45) is 4.91. The quantitative estimate of drug-likeness (QED) is 0.454. The molecule has 4 nitrogen and oxygen atoms in total. The highest BCUT2D eigenvalue weighted by Crippen LogP contribution is 2.55. The predicted molar refractivity (Wildman–Crippen MR) is 125 cm³/mol. The van der Waals surface area contributed by atoms with Crippen LogP contribution in [0.5, 0.6) is 0 Å². The molecule has 5 rings (SSSR count). The van der Waals surface area contributed by atoms with Crippen LogP contribution in [-0.4, -0.2) is 12.3 Å². The van der Waals surface area contributed by atoms with Crippen molar-refractivity contribution in [3.05, 3.63) is 93.7 Å². The van der Waals surface area contributed by atoms with Gasteiger partial charge >= 0.3 is 0 Å². The van der Waals surface area contributed by atoms with Crippen LogP contribution >= 0.6 is 0 Å². The summed E-state index contributed by atoms with van der Waals surface area (Å²) in [5.74, 6) is -0.113. The number of hydrogen-bond donors (Lipinski definition) is 0. The third-order valence-electron chi connectivity index (χ3n) is 7.07. The van der Waals surface area contributed by atoms with Crippen molar-refractivity contribution in [1.29, 1.82) is 10.5 Å². The average molecular weight is 418 g/mol. The number of anilines is 1. The zero-order chi connectivity index (χ0) is 22.5. The Morgan fingerprint density at radius 2 is 1.78 bits per heavy atom. The van der Waals surface area contributed by atoms with Gasteiger partial charge in [-0.25, -0.2) is 0 Å². The van der Waals surface area contributed by atoms with Crippen LogP contribution in [0.2, 0.25) is 0 Å². The van der Waals surface area contributed by atoms with E-state index in [4.69, 9.17) is 0 Å². The van der Waals surface area contributed by atoms with Gasteiger partial charge in [0.25, 0.3) is 0 Å². The van der Waals surface area contributed by atoms with Crippen LogP contribution in [-0.2, 0) is 5.41 Å². The molecule has 1 unspecified atom stereocenters. The van der Waals surface area contributed by atoms with E-state index in [1.807, 2.05) is 36.4 Å². The fourth-order valence-electron chi connectivity index (χ4n) is 5.74. The van der Waals surface area contributed by atoms with Crippen LogP contribution in [0.3, 0.4) is 0 Å². The molecule has 2 aromatic rings. The van der Waals surface area contributed by atoms with E-state index >= 15 is 0 Å². The molecule has 32 heavy (non-hydrogen) atoms. The van der Waals surface area contributed by atoms with Crippen molar-refractivity contribution in [3.8, 4) is 12.1 Å². The van der Waals surface area contributed by atoms with Crippen molar-refractivity contribution in [2.24, 2.45) is 0 Å². The number of Topliss-reactive ketones (excluding diaryl/α,β-unsaturated/α-hetero) is 1. The van der Waals surface area contributed by atoms with Gasteiger partial charge in [0.15, 0.2) is 5.78 Å². The third-order valence-corrected chi connectivity index (χ3v) is 7.07. The molecular formula is C28H23N3O. The largest absolute Gasteiger partial charge is 0.344 e. The van der Waals surface area contributed by atoms with Gasteiger partial charge in [0.2, 0.25) is 0 Å². The Morgan fingerprint density at radius 3 is 2.50 bits per heavy atom. The monoisotopic (exact) mass is 417 g/mol. The molecule has 156 valence electrons. The number of allylic oxidation sites excluding steroid dienone is 6. The lowest BCUT2D eigenvalue weighted by Crippen LogP contribution is -2.32. The normalized spacial score (nSPS) is 22.4. The van der Waals surface area contributed by atoms with Crippen LogP contribution in [0, 0.1) is 22.7 Å². The van der Waals surface area contributed by atoms with Crippen LogP contribution in [0.15, 0.2) is 77.0 Å². The second-order valence-electron chi connectivity index (χ2n) is 8.73. The lowest BCUT2D eigenvalue weighted by molar-refractivity contribution is 0.104. The van der Waals surface area contributed by atoms with Crippen LogP contribution in [0.4, 0.5) is 5.69 Å². The number of nitrogens with zero attached hydrogens (tertiary/aromatic N) is 3. The summed E-state index contributed by atoms with van der Waals surface area (Å²) in [6.45, 7) is 5.29. The number of fused-ring (bicyclic) bond motifs is 4. The Hall–Kier alpha value is -3.89. The van der Waals surface area contributed by atoms with Crippen molar-refractivity contribution in [3.63, 3.8) is 0 Å². The number of hydrogen-bond acceptors (Lipinski definition) is 4. The van der Waals surface area contributed by atoms with E-state index < -0.39 is 0 Å². The minimum absolute atomic E-state index is 0.0132. The number of benzene rings is 2. The summed E-state index contributed by atoms with van der Waals surface area (Å²) in [6, 6.07) is 19.8. The molecule has 0 radical (unpaired) electrons. The molecule has 0 fully saturated rings. The molecule has 1 atom stereocenters. The van der Waals surface area contributed by atoms with E-state index in [1.165, 1.54) is 16.9 Å². The van der Waals surface area contributed by atoms with Gasteiger partial charge in [-0.2, -0.15) is 10.5 Å². The number of carbonyl (C=O) groups is 1. The first-order valence-electron chi connectivity index (χ1n) is 11.1. The highest BCUT2D eigenvalue weighted by Gasteiger charge is 2.46. The molecule has 0 saturated carbocycles. The molecule has 0 aromatic heterocycles. The number of ketones is 1. The standard InChI is InChI=1S/C28H23N3O/c1-3-31-24-13-7-6-12-23(24)28(2)14-8-9-18(27(28)31)15-22-25(19(16-29)17-30)20-10-4-5-11-21(20)26(22)32/h4-7,10-13,15H,3,8-9,14H2,1-2H3/b22-15-. The number of nitriles is 2. The molecule has 0 bridgehead atoms. The highest BCUT2D eigenvalue weighted by atomic mass is 16.1. The van der Waals surface area contributed by atoms with Gasteiger partial charge in [-0.3, -0.25) is 4.79 Å². The van der Waals surface area contributed by atoms with Gasteiger partial charge in [-0.05, 0) is 62.0 Å². The molecule has 0 amide bonds. The fraction of sp³-hybridized carbons (Fsp3) is 0.250. The van der Waals surface area contributed by atoms with E-state index in [-0.39, 0.29) is 16.8 Å². The maximum atomic E-state index is 13.4. The first-order chi connectivity index (χ1) is 15.5. The highest BCUT2D eigenvalue weighted by molar-refractivity contribution is 6.28.